The van der Waals surface area contributed by atoms with E-state index >= 15 is 0 Å². The Balaban J connectivity index is 2.35. The van der Waals surface area contributed by atoms with Crippen molar-refractivity contribution in [1.29, 1.82) is 5.41 Å². The van der Waals surface area contributed by atoms with Gasteiger partial charge in [0.25, 0.3) is 5.69 Å². The van der Waals surface area contributed by atoms with Crippen LogP contribution in [0.2, 0.25) is 0 Å². The summed E-state index contributed by atoms with van der Waals surface area (Å²) in [6.45, 7) is 1.25. The number of nitrogens with zero attached hydrogens (tertiary/aromatic N) is 1. The fourth-order valence-corrected chi connectivity index (χ4v) is 1.36. The Hall–Kier alpha value is -2.77. The van der Waals surface area contributed by atoms with Crippen LogP contribution in [-0.4, -0.2) is 35.8 Å². The van der Waals surface area contributed by atoms with Gasteiger partial charge in [0, 0.05) is 17.8 Å². The average molecular weight is 294 g/mol. The molecule has 0 radical (unpaired) electrons. The van der Waals surface area contributed by atoms with Crippen molar-refractivity contribution >= 4 is 23.3 Å². The maximum absolute atomic E-state index is 11.6. The first-order valence-electron chi connectivity index (χ1n) is 6.01. The van der Waals surface area contributed by atoms with E-state index in [1.165, 1.54) is 31.2 Å². The highest BCUT2D eigenvalue weighted by atomic mass is 16.6. The van der Waals surface area contributed by atoms with Gasteiger partial charge in [0.2, 0.25) is 0 Å². The van der Waals surface area contributed by atoms with E-state index in [1.54, 1.807) is 0 Å². The number of hydrogen-bond acceptors (Lipinski definition) is 7. The van der Waals surface area contributed by atoms with Gasteiger partial charge in [-0.25, -0.2) is 4.79 Å². The number of ether oxygens (including phenoxy) is 2. The molecule has 1 rings (SSSR count). The number of nitrogens with one attached hydrogen (secondary N) is 1. The highest BCUT2D eigenvalue weighted by Crippen LogP contribution is 2.12. The first kappa shape index (κ1) is 16.3. The van der Waals surface area contributed by atoms with Crippen LogP contribution < -0.4 is 0 Å². The molecule has 0 spiro atoms. The third kappa shape index (κ3) is 5.81. The Morgan fingerprint density at radius 2 is 1.76 bits per heavy atom. The third-order valence-corrected chi connectivity index (χ3v) is 2.30. The quantitative estimate of drug-likeness (QED) is 0.269. The zero-order valence-electron chi connectivity index (χ0n) is 11.3. The highest BCUT2D eigenvalue weighted by molar-refractivity contribution is 5.95. The molecule has 0 heterocycles. The van der Waals surface area contributed by atoms with Crippen LogP contribution in [0, 0.1) is 15.5 Å². The molecule has 0 bridgehead atoms. The zero-order valence-corrected chi connectivity index (χ0v) is 11.3. The summed E-state index contributed by atoms with van der Waals surface area (Å²) in [6.07, 6.45) is -0.101. The van der Waals surface area contributed by atoms with E-state index in [4.69, 9.17) is 14.9 Å². The summed E-state index contributed by atoms with van der Waals surface area (Å²) in [4.78, 5) is 32.6. The Kier molecular flexibility index (Phi) is 5.99. The monoisotopic (exact) mass is 294 g/mol. The Morgan fingerprint density at radius 1 is 1.19 bits per heavy atom. The fourth-order valence-electron chi connectivity index (χ4n) is 1.36. The standard InChI is InChI=1S/C13H14N2O6/c1-9(14)8-12(16)20-6-7-21-13(17)10-2-4-11(5-3-10)15(18)19/h2-5,14H,6-8H2,1H3. The molecule has 0 aliphatic carbocycles. The van der Waals surface area contributed by atoms with Crippen molar-refractivity contribution in [3.8, 4) is 0 Å². The maximum atomic E-state index is 11.6. The number of hydrogen-bond donors (Lipinski definition) is 1. The summed E-state index contributed by atoms with van der Waals surface area (Å²) < 4.78 is 9.59. The normalized spacial score (nSPS) is 9.76. The van der Waals surface area contributed by atoms with E-state index in [0.717, 1.165) is 0 Å². The molecule has 1 aromatic rings. The van der Waals surface area contributed by atoms with Crippen molar-refractivity contribution < 1.29 is 24.0 Å². The average Bonchev–Trinajstić information content (AvgIpc) is 2.42. The van der Waals surface area contributed by atoms with E-state index < -0.39 is 16.9 Å². The Morgan fingerprint density at radius 3 is 2.29 bits per heavy atom. The number of benzene rings is 1. The number of carbonyl (C=O) groups is 2. The van der Waals surface area contributed by atoms with Crippen molar-refractivity contribution in [2.45, 2.75) is 13.3 Å². The van der Waals surface area contributed by atoms with Gasteiger partial charge in [0.05, 0.1) is 16.9 Å². The molecule has 0 aliphatic rings. The molecule has 8 heteroatoms. The summed E-state index contributed by atoms with van der Waals surface area (Å²) in [5.74, 6) is -1.22. The summed E-state index contributed by atoms with van der Waals surface area (Å²) in [6, 6.07) is 4.96. The Labute approximate surface area is 120 Å². The van der Waals surface area contributed by atoms with Crippen LogP contribution in [0.1, 0.15) is 23.7 Å². The van der Waals surface area contributed by atoms with Crippen LogP contribution in [0.4, 0.5) is 5.69 Å². The van der Waals surface area contributed by atoms with Crippen LogP contribution in [0.3, 0.4) is 0 Å². The second-order valence-corrected chi connectivity index (χ2v) is 4.12. The molecule has 1 N–H and O–H groups in total. The first-order chi connectivity index (χ1) is 9.90. The number of carbonyl (C=O) groups excluding carboxylic acids is 2. The van der Waals surface area contributed by atoms with Gasteiger partial charge in [0.15, 0.2) is 0 Å². The van der Waals surface area contributed by atoms with Gasteiger partial charge in [-0.2, -0.15) is 0 Å². The van der Waals surface area contributed by atoms with Crippen molar-refractivity contribution in [1.82, 2.24) is 0 Å². The highest BCUT2D eigenvalue weighted by Gasteiger charge is 2.11. The smallest absolute Gasteiger partial charge is 0.338 e. The molecule has 0 saturated heterocycles. The van der Waals surface area contributed by atoms with Crippen LogP contribution in [-0.2, 0) is 14.3 Å². The fraction of sp³-hybridized carbons (Fsp3) is 0.308. The van der Waals surface area contributed by atoms with Crippen molar-refractivity contribution in [2.24, 2.45) is 0 Å². The van der Waals surface area contributed by atoms with Gasteiger partial charge in [-0.15, -0.1) is 0 Å². The summed E-state index contributed by atoms with van der Waals surface area (Å²) in [5.41, 5.74) is 0.229. The molecule has 0 amide bonds. The molecular formula is C13H14N2O6. The number of rotatable bonds is 7. The molecule has 0 aliphatic heterocycles. The van der Waals surface area contributed by atoms with Gasteiger partial charge in [-0.05, 0) is 19.1 Å². The molecule has 0 aromatic heterocycles. The number of esters is 2. The van der Waals surface area contributed by atoms with Crippen LogP contribution in [0.25, 0.3) is 0 Å². The molecule has 1 aromatic carbocycles. The summed E-state index contributed by atoms with van der Waals surface area (Å²) in [7, 11) is 0. The van der Waals surface area contributed by atoms with E-state index in [2.05, 4.69) is 0 Å². The molecular weight excluding hydrogens is 280 g/mol. The number of nitro benzene ring substituents is 1. The van der Waals surface area contributed by atoms with E-state index in [-0.39, 0.29) is 36.6 Å². The molecule has 0 atom stereocenters. The first-order valence-corrected chi connectivity index (χ1v) is 6.01. The lowest BCUT2D eigenvalue weighted by Gasteiger charge is -2.06. The lowest BCUT2D eigenvalue weighted by atomic mass is 10.2. The molecule has 0 saturated carbocycles. The second kappa shape index (κ2) is 7.73. The van der Waals surface area contributed by atoms with Crippen molar-refractivity contribution in [2.75, 3.05) is 13.2 Å². The molecule has 0 unspecified atom stereocenters. The lowest BCUT2D eigenvalue weighted by molar-refractivity contribution is -0.384. The van der Waals surface area contributed by atoms with Crippen molar-refractivity contribution in [3.63, 3.8) is 0 Å². The van der Waals surface area contributed by atoms with Crippen LogP contribution in [0.15, 0.2) is 24.3 Å². The van der Waals surface area contributed by atoms with Gasteiger partial charge >= 0.3 is 11.9 Å². The summed E-state index contributed by atoms with van der Waals surface area (Å²) >= 11 is 0. The van der Waals surface area contributed by atoms with Crippen LogP contribution >= 0.6 is 0 Å². The topological polar surface area (TPSA) is 120 Å². The van der Waals surface area contributed by atoms with Gasteiger partial charge in [-0.1, -0.05) is 0 Å². The largest absolute Gasteiger partial charge is 0.462 e. The molecule has 8 nitrogen and oxygen atoms in total. The van der Waals surface area contributed by atoms with Gasteiger partial charge < -0.3 is 14.9 Å². The SMILES string of the molecule is CC(=N)CC(=O)OCCOC(=O)c1ccc([N+](=O)[O-])cc1. The predicted molar refractivity (Wildman–Crippen MR) is 72.4 cm³/mol. The Bertz CT molecular complexity index is 552. The second-order valence-electron chi connectivity index (χ2n) is 4.12. The third-order valence-electron chi connectivity index (χ3n) is 2.30. The molecule has 21 heavy (non-hydrogen) atoms. The van der Waals surface area contributed by atoms with E-state index in [9.17, 15) is 19.7 Å². The van der Waals surface area contributed by atoms with Crippen molar-refractivity contribution in [3.05, 3.63) is 39.9 Å². The number of non-ortho nitro benzene ring substituents is 1. The van der Waals surface area contributed by atoms with E-state index in [1.807, 2.05) is 0 Å². The molecule has 112 valence electrons. The minimum absolute atomic E-state index is 0.101. The minimum Gasteiger partial charge on any atom is -0.462 e. The van der Waals surface area contributed by atoms with Gasteiger partial charge in [0.1, 0.15) is 13.2 Å². The molecule has 0 fully saturated rings. The number of nitro groups is 1. The van der Waals surface area contributed by atoms with Gasteiger partial charge in [-0.3, -0.25) is 14.9 Å². The zero-order chi connectivity index (χ0) is 15.8. The van der Waals surface area contributed by atoms with E-state index in [0.29, 0.717) is 0 Å². The maximum Gasteiger partial charge on any atom is 0.338 e. The predicted octanol–water partition coefficient (Wildman–Crippen LogP) is 1.72. The minimum atomic E-state index is -0.663. The van der Waals surface area contributed by atoms with Crippen LogP contribution in [0.5, 0.6) is 0 Å². The summed E-state index contributed by atoms with van der Waals surface area (Å²) in [5, 5.41) is 17.6. The lowest BCUT2D eigenvalue weighted by Crippen LogP contribution is -2.15.